The van der Waals surface area contributed by atoms with Crippen LogP contribution in [-0.4, -0.2) is 69.1 Å². The molecule has 9 nitrogen and oxygen atoms in total. The number of amides is 2. The third-order valence-corrected chi connectivity index (χ3v) is 7.14. The van der Waals surface area contributed by atoms with Crippen LogP contribution in [0.2, 0.25) is 0 Å². The van der Waals surface area contributed by atoms with Gasteiger partial charge in [-0.3, -0.25) is 10.1 Å². The molecule has 194 valence electrons. The van der Waals surface area contributed by atoms with E-state index < -0.39 is 11.7 Å². The Labute approximate surface area is 216 Å². The quantitative estimate of drug-likeness (QED) is 0.425. The number of aromatic nitrogens is 2. The molecule has 2 aliphatic heterocycles. The molecule has 2 aliphatic rings. The molecule has 36 heavy (non-hydrogen) atoms. The van der Waals surface area contributed by atoms with Gasteiger partial charge in [-0.25, -0.2) is 9.78 Å². The summed E-state index contributed by atoms with van der Waals surface area (Å²) < 4.78 is 12.2. The lowest BCUT2D eigenvalue weighted by atomic mass is 9.75. The smallest absolute Gasteiger partial charge is 0.409 e. The van der Waals surface area contributed by atoms with Crippen LogP contribution < -0.4 is 10.1 Å². The fourth-order valence-corrected chi connectivity index (χ4v) is 5.87. The van der Waals surface area contributed by atoms with E-state index in [1.807, 2.05) is 25.0 Å². The molecule has 1 aromatic carbocycles. The van der Waals surface area contributed by atoms with E-state index in [1.54, 1.807) is 24.3 Å². The van der Waals surface area contributed by atoms with E-state index in [0.717, 1.165) is 12.8 Å². The predicted octanol–water partition coefficient (Wildman–Crippen LogP) is 5.16. The summed E-state index contributed by atoms with van der Waals surface area (Å²) in [4.78, 5) is 36.9. The summed E-state index contributed by atoms with van der Waals surface area (Å²) >= 11 is 1.37. The van der Waals surface area contributed by atoms with E-state index in [2.05, 4.69) is 31.1 Å². The Balaban J connectivity index is 1.92. The van der Waals surface area contributed by atoms with Gasteiger partial charge in [0.15, 0.2) is 5.16 Å². The Morgan fingerprint density at radius 3 is 2.36 bits per heavy atom. The molecule has 0 saturated carbocycles. The zero-order valence-electron chi connectivity index (χ0n) is 21.6. The van der Waals surface area contributed by atoms with Crippen LogP contribution in [0.3, 0.4) is 0 Å². The van der Waals surface area contributed by atoms with Crippen LogP contribution in [-0.2, 0) is 4.74 Å². The maximum Gasteiger partial charge on any atom is 0.409 e. The predicted molar refractivity (Wildman–Crippen MR) is 139 cm³/mol. The number of anilines is 1. The molecule has 0 bridgehead atoms. The summed E-state index contributed by atoms with van der Waals surface area (Å²) in [5, 5.41) is 11.9. The molecular formula is C26H34N4O5S. The summed E-state index contributed by atoms with van der Waals surface area (Å²) in [7, 11) is 0. The average Bonchev–Trinajstić information content (AvgIpc) is 2.90. The van der Waals surface area contributed by atoms with Gasteiger partial charge < -0.3 is 19.5 Å². The molecule has 1 aromatic heterocycles. The van der Waals surface area contributed by atoms with Crippen LogP contribution >= 0.6 is 11.8 Å². The summed E-state index contributed by atoms with van der Waals surface area (Å²) in [5.41, 5.74) is 0.900. The highest BCUT2D eigenvalue weighted by Crippen LogP contribution is 2.44. The SMILES string of the molecule is CSc1nc2c(c(-c3ccc(NC(=O)O)cc3)n1)C(=O)N(C1CCOCC1)C(C(C)(C)C)C(C)(C)O2. The number of carboxylic acid groups (broad SMARTS) is 1. The monoisotopic (exact) mass is 514 g/mol. The second kappa shape index (κ2) is 9.89. The molecule has 1 unspecified atom stereocenters. The highest BCUT2D eigenvalue weighted by molar-refractivity contribution is 7.98. The van der Waals surface area contributed by atoms with Crippen molar-refractivity contribution in [3.05, 3.63) is 29.8 Å². The zero-order chi connectivity index (χ0) is 26.3. The molecule has 3 heterocycles. The number of fused-ring (bicyclic) bond motifs is 1. The van der Waals surface area contributed by atoms with Crippen molar-refractivity contribution in [1.82, 2.24) is 14.9 Å². The van der Waals surface area contributed by atoms with Gasteiger partial charge in [-0.15, -0.1) is 0 Å². The Hall–Kier alpha value is -2.85. The fraction of sp³-hybridized carbons (Fsp3) is 0.538. The first-order chi connectivity index (χ1) is 16.9. The minimum absolute atomic E-state index is 0.000445. The first kappa shape index (κ1) is 26.2. The lowest BCUT2D eigenvalue weighted by Gasteiger charge is -2.50. The van der Waals surface area contributed by atoms with Crippen LogP contribution in [0.4, 0.5) is 10.5 Å². The second-order valence-corrected chi connectivity index (χ2v) is 11.6. The Kier molecular flexibility index (Phi) is 7.21. The molecule has 0 spiro atoms. The molecule has 0 aliphatic carbocycles. The second-order valence-electron chi connectivity index (χ2n) is 10.8. The van der Waals surface area contributed by atoms with Crippen LogP contribution in [0.5, 0.6) is 5.88 Å². The molecular weight excluding hydrogens is 480 g/mol. The molecule has 2 aromatic rings. The van der Waals surface area contributed by atoms with Gasteiger partial charge in [-0.2, -0.15) is 4.98 Å². The normalized spacial score (nSPS) is 20.3. The van der Waals surface area contributed by atoms with Gasteiger partial charge in [0.05, 0.1) is 11.7 Å². The van der Waals surface area contributed by atoms with Gasteiger partial charge >= 0.3 is 6.09 Å². The number of nitrogens with zero attached hydrogens (tertiary/aromatic N) is 3. The summed E-state index contributed by atoms with van der Waals surface area (Å²) in [6, 6.07) is 6.57. The summed E-state index contributed by atoms with van der Waals surface area (Å²) in [5.74, 6) is 0.119. The third kappa shape index (κ3) is 5.15. The molecule has 2 amide bonds. The zero-order valence-corrected chi connectivity index (χ0v) is 22.4. The lowest BCUT2D eigenvalue weighted by Crippen LogP contribution is -2.62. The Morgan fingerprint density at radius 1 is 1.17 bits per heavy atom. The molecule has 0 radical (unpaired) electrons. The van der Waals surface area contributed by atoms with E-state index in [9.17, 15) is 9.59 Å². The molecule has 4 rings (SSSR count). The van der Waals surface area contributed by atoms with Crippen molar-refractivity contribution in [3.8, 4) is 17.1 Å². The van der Waals surface area contributed by atoms with Crippen molar-refractivity contribution >= 4 is 29.4 Å². The van der Waals surface area contributed by atoms with Crippen molar-refractivity contribution in [1.29, 1.82) is 0 Å². The lowest BCUT2D eigenvalue weighted by molar-refractivity contribution is -0.0646. The van der Waals surface area contributed by atoms with Gasteiger partial charge in [-0.1, -0.05) is 44.7 Å². The first-order valence-electron chi connectivity index (χ1n) is 12.1. The number of hydrogen-bond donors (Lipinski definition) is 2. The number of ether oxygens (including phenoxy) is 2. The van der Waals surface area contributed by atoms with Gasteiger partial charge in [0.25, 0.3) is 5.91 Å². The fourth-order valence-electron chi connectivity index (χ4n) is 5.51. The number of thioether (sulfide) groups is 1. The van der Waals surface area contributed by atoms with Crippen LogP contribution in [0.15, 0.2) is 29.4 Å². The van der Waals surface area contributed by atoms with Gasteiger partial charge in [-0.05, 0) is 50.5 Å². The van der Waals surface area contributed by atoms with E-state index in [-0.39, 0.29) is 29.3 Å². The highest BCUT2D eigenvalue weighted by atomic mass is 32.2. The highest BCUT2D eigenvalue weighted by Gasteiger charge is 2.52. The number of benzene rings is 1. The number of hydrogen-bond acceptors (Lipinski definition) is 7. The van der Waals surface area contributed by atoms with Crippen LogP contribution in [0.1, 0.15) is 57.8 Å². The topological polar surface area (TPSA) is 114 Å². The molecule has 1 fully saturated rings. The molecule has 2 N–H and O–H groups in total. The van der Waals surface area contributed by atoms with Crippen molar-refractivity contribution in [2.45, 2.75) is 70.3 Å². The number of rotatable bonds is 4. The Bertz CT molecular complexity index is 1140. The van der Waals surface area contributed by atoms with Crippen molar-refractivity contribution < 1.29 is 24.2 Å². The number of nitrogens with one attached hydrogen (secondary N) is 1. The van der Waals surface area contributed by atoms with Crippen molar-refractivity contribution in [3.63, 3.8) is 0 Å². The van der Waals surface area contributed by atoms with Crippen molar-refractivity contribution in [2.75, 3.05) is 24.8 Å². The summed E-state index contributed by atoms with van der Waals surface area (Å²) in [6.07, 6.45) is 2.23. The minimum atomic E-state index is -1.14. The largest absolute Gasteiger partial charge is 0.469 e. The van der Waals surface area contributed by atoms with Crippen molar-refractivity contribution in [2.24, 2.45) is 5.41 Å². The average molecular weight is 515 g/mol. The minimum Gasteiger partial charge on any atom is -0.469 e. The molecule has 1 saturated heterocycles. The van der Waals surface area contributed by atoms with Crippen LogP contribution in [0, 0.1) is 5.41 Å². The Morgan fingerprint density at radius 2 is 1.81 bits per heavy atom. The maximum atomic E-state index is 14.5. The first-order valence-corrected chi connectivity index (χ1v) is 13.3. The third-order valence-electron chi connectivity index (χ3n) is 6.60. The summed E-state index contributed by atoms with van der Waals surface area (Å²) in [6.45, 7) is 11.6. The van der Waals surface area contributed by atoms with E-state index in [1.165, 1.54) is 11.8 Å². The van der Waals surface area contributed by atoms with E-state index >= 15 is 0 Å². The van der Waals surface area contributed by atoms with Gasteiger partial charge in [0.2, 0.25) is 5.88 Å². The van der Waals surface area contributed by atoms with E-state index in [4.69, 9.17) is 19.6 Å². The maximum absolute atomic E-state index is 14.5. The van der Waals surface area contributed by atoms with Gasteiger partial charge in [0.1, 0.15) is 11.2 Å². The standard InChI is InChI=1S/C26H34N4O5S/c1-25(2,3)22-26(4,5)35-20-18(21(31)30(22)17-11-13-34-14-12-17)19(28-23(29-20)36-6)15-7-9-16(10-8-15)27-24(32)33/h7-10,17,22,27H,11-14H2,1-6H3,(H,32,33). The molecule has 10 heteroatoms. The molecule has 1 atom stereocenters. The number of carbonyl (C=O) groups excluding carboxylic acids is 1. The van der Waals surface area contributed by atoms with Crippen LogP contribution in [0.25, 0.3) is 11.3 Å². The van der Waals surface area contributed by atoms with Gasteiger partial charge in [0, 0.05) is 30.5 Å². The van der Waals surface area contributed by atoms with E-state index in [0.29, 0.717) is 40.9 Å². The number of carbonyl (C=O) groups is 2.